The smallest absolute Gasteiger partial charge is 0.270 e. The van der Waals surface area contributed by atoms with Gasteiger partial charge in [-0.25, -0.2) is 0 Å². The van der Waals surface area contributed by atoms with Crippen LogP contribution in [-0.2, 0) is 0 Å². The standard InChI is InChI=1S/C17H23N3O/c1-2-18-12-13-7-9-20(10-8-13)17(21)16-11-14-5-3-4-6-15(14)19-16/h3-6,11,13,18-19H,2,7-10,12H2,1H3. The number of benzene rings is 1. The van der Waals surface area contributed by atoms with Gasteiger partial charge in [-0.1, -0.05) is 25.1 Å². The molecule has 0 atom stereocenters. The quantitative estimate of drug-likeness (QED) is 0.907. The SMILES string of the molecule is CCNCC1CCN(C(=O)c2cc3ccccc3[nH]2)CC1. The summed E-state index contributed by atoms with van der Waals surface area (Å²) in [7, 11) is 0. The Morgan fingerprint density at radius 3 is 2.81 bits per heavy atom. The van der Waals surface area contributed by atoms with Crippen molar-refractivity contribution in [2.24, 2.45) is 5.92 Å². The molecule has 4 heteroatoms. The fourth-order valence-corrected chi connectivity index (χ4v) is 3.05. The van der Waals surface area contributed by atoms with E-state index in [0.29, 0.717) is 11.6 Å². The van der Waals surface area contributed by atoms with Crippen molar-refractivity contribution in [3.8, 4) is 0 Å². The number of aromatic nitrogens is 1. The molecular formula is C17H23N3O. The van der Waals surface area contributed by atoms with Gasteiger partial charge in [-0.15, -0.1) is 0 Å². The molecule has 0 bridgehead atoms. The summed E-state index contributed by atoms with van der Waals surface area (Å²) in [6.07, 6.45) is 2.19. The molecule has 1 aromatic carbocycles. The zero-order valence-electron chi connectivity index (χ0n) is 12.6. The highest BCUT2D eigenvalue weighted by molar-refractivity contribution is 5.98. The lowest BCUT2D eigenvalue weighted by Gasteiger charge is -2.31. The Bertz CT molecular complexity index is 578. The maximum Gasteiger partial charge on any atom is 0.270 e. The maximum atomic E-state index is 12.6. The van der Waals surface area contributed by atoms with Crippen LogP contribution in [0, 0.1) is 5.92 Å². The summed E-state index contributed by atoms with van der Waals surface area (Å²) < 4.78 is 0. The lowest BCUT2D eigenvalue weighted by molar-refractivity contribution is 0.0685. The normalized spacial score (nSPS) is 16.5. The average molecular weight is 285 g/mol. The van der Waals surface area contributed by atoms with Gasteiger partial charge in [0.05, 0.1) is 0 Å². The number of fused-ring (bicyclic) bond motifs is 1. The van der Waals surface area contributed by atoms with Crippen molar-refractivity contribution < 1.29 is 4.79 Å². The number of H-pyrrole nitrogens is 1. The molecule has 0 spiro atoms. The molecule has 1 amide bonds. The third kappa shape index (κ3) is 3.10. The van der Waals surface area contributed by atoms with E-state index in [2.05, 4.69) is 17.2 Å². The van der Waals surface area contributed by atoms with E-state index < -0.39 is 0 Å². The molecule has 1 saturated heterocycles. The maximum absolute atomic E-state index is 12.6. The highest BCUT2D eigenvalue weighted by Crippen LogP contribution is 2.20. The molecule has 3 rings (SSSR count). The van der Waals surface area contributed by atoms with Crippen LogP contribution in [0.1, 0.15) is 30.3 Å². The van der Waals surface area contributed by atoms with E-state index in [4.69, 9.17) is 0 Å². The number of piperidine rings is 1. The van der Waals surface area contributed by atoms with Gasteiger partial charge in [0, 0.05) is 24.0 Å². The summed E-state index contributed by atoms with van der Waals surface area (Å²) in [4.78, 5) is 17.8. The van der Waals surface area contributed by atoms with Gasteiger partial charge in [0.15, 0.2) is 0 Å². The van der Waals surface area contributed by atoms with Crippen LogP contribution in [0.5, 0.6) is 0 Å². The number of rotatable bonds is 4. The van der Waals surface area contributed by atoms with Gasteiger partial charge in [-0.05, 0) is 44.0 Å². The summed E-state index contributed by atoms with van der Waals surface area (Å²) in [6.45, 7) is 5.96. The van der Waals surface area contributed by atoms with Crippen LogP contribution in [0.3, 0.4) is 0 Å². The predicted octanol–water partition coefficient (Wildman–Crippen LogP) is 2.63. The average Bonchev–Trinajstić information content (AvgIpc) is 2.96. The molecule has 2 heterocycles. The molecular weight excluding hydrogens is 262 g/mol. The fraction of sp³-hybridized carbons (Fsp3) is 0.471. The highest BCUT2D eigenvalue weighted by Gasteiger charge is 2.24. The summed E-state index contributed by atoms with van der Waals surface area (Å²) in [6, 6.07) is 9.98. The first-order chi connectivity index (χ1) is 10.3. The van der Waals surface area contributed by atoms with E-state index in [1.807, 2.05) is 35.2 Å². The van der Waals surface area contributed by atoms with Crippen LogP contribution < -0.4 is 5.32 Å². The number of nitrogens with one attached hydrogen (secondary N) is 2. The molecule has 1 fully saturated rings. The van der Waals surface area contributed by atoms with E-state index in [1.165, 1.54) is 0 Å². The number of para-hydroxylation sites is 1. The van der Waals surface area contributed by atoms with E-state index >= 15 is 0 Å². The van der Waals surface area contributed by atoms with Crippen LogP contribution in [0.2, 0.25) is 0 Å². The number of nitrogens with zero attached hydrogens (tertiary/aromatic N) is 1. The third-order valence-corrected chi connectivity index (χ3v) is 4.35. The first-order valence-corrected chi connectivity index (χ1v) is 7.85. The minimum Gasteiger partial charge on any atom is -0.351 e. The van der Waals surface area contributed by atoms with Crippen LogP contribution in [0.15, 0.2) is 30.3 Å². The summed E-state index contributed by atoms with van der Waals surface area (Å²) in [5.74, 6) is 0.838. The van der Waals surface area contributed by atoms with Gasteiger partial charge >= 0.3 is 0 Å². The molecule has 112 valence electrons. The van der Waals surface area contributed by atoms with Gasteiger partial charge in [0.1, 0.15) is 5.69 Å². The van der Waals surface area contributed by atoms with Gasteiger partial charge < -0.3 is 15.2 Å². The number of likely N-dealkylation sites (tertiary alicyclic amines) is 1. The van der Waals surface area contributed by atoms with Crippen molar-refractivity contribution >= 4 is 16.8 Å². The Balaban J connectivity index is 1.63. The molecule has 1 aliphatic rings. The topological polar surface area (TPSA) is 48.1 Å². The minimum atomic E-state index is 0.133. The molecule has 2 aromatic rings. The van der Waals surface area contributed by atoms with E-state index in [-0.39, 0.29) is 5.91 Å². The van der Waals surface area contributed by atoms with Crippen molar-refractivity contribution in [3.63, 3.8) is 0 Å². The number of hydrogen-bond acceptors (Lipinski definition) is 2. The second-order valence-corrected chi connectivity index (χ2v) is 5.81. The Morgan fingerprint density at radius 2 is 2.10 bits per heavy atom. The monoisotopic (exact) mass is 285 g/mol. The second kappa shape index (κ2) is 6.31. The van der Waals surface area contributed by atoms with Crippen molar-refractivity contribution in [3.05, 3.63) is 36.0 Å². The predicted molar refractivity (Wildman–Crippen MR) is 85.5 cm³/mol. The van der Waals surface area contributed by atoms with Crippen molar-refractivity contribution in [2.75, 3.05) is 26.2 Å². The van der Waals surface area contributed by atoms with Crippen molar-refractivity contribution in [1.29, 1.82) is 0 Å². The van der Waals surface area contributed by atoms with Crippen LogP contribution in [0.25, 0.3) is 10.9 Å². The Hall–Kier alpha value is -1.81. The van der Waals surface area contributed by atoms with Crippen LogP contribution in [-0.4, -0.2) is 42.0 Å². The molecule has 4 nitrogen and oxygen atoms in total. The number of amides is 1. The number of aromatic amines is 1. The number of hydrogen-bond donors (Lipinski definition) is 2. The first kappa shape index (κ1) is 14.1. The van der Waals surface area contributed by atoms with Crippen LogP contribution >= 0.6 is 0 Å². The van der Waals surface area contributed by atoms with Crippen molar-refractivity contribution in [1.82, 2.24) is 15.2 Å². The number of carbonyl (C=O) groups excluding carboxylic acids is 1. The highest BCUT2D eigenvalue weighted by atomic mass is 16.2. The molecule has 21 heavy (non-hydrogen) atoms. The first-order valence-electron chi connectivity index (χ1n) is 7.85. The van der Waals surface area contributed by atoms with E-state index in [1.54, 1.807) is 0 Å². The second-order valence-electron chi connectivity index (χ2n) is 5.81. The third-order valence-electron chi connectivity index (χ3n) is 4.35. The fourth-order valence-electron chi connectivity index (χ4n) is 3.05. The lowest BCUT2D eigenvalue weighted by atomic mass is 9.96. The largest absolute Gasteiger partial charge is 0.351 e. The molecule has 1 aromatic heterocycles. The van der Waals surface area contributed by atoms with Gasteiger partial charge in [-0.3, -0.25) is 4.79 Å². The van der Waals surface area contributed by atoms with E-state index in [9.17, 15) is 4.79 Å². The van der Waals surface area contributed by atoms with E-state index in [0.717, 1.165) is 49.9 Å². The van der Waals surface area contributed by atoms with Gasteiger partial charge in [0.2, 0.25) is 0 Å². The molecule has 0 saturated carbocycles. The van der Waals surface area contributed by atoms with Crippen molar-refractivity contribution in [2.45, 2.75) is 19.8 Å². The van der Waals surface area contributed by atoms with Crippen LogP contribution in [0.4, 0.5) is 0 Å². The lowest BCUT2D eigenvalue weighted by Crippen LogP contribution is -2.40. The summed E-state index contributed by atoms with van der Waals surface area (Å²) >= 11 is 0. The number of carbonyl (C=O) groups is 1. The Morgan fingerprint density at radius 1 is 1.33 bits per heavy atom. The zero-order valence-corrected chi connectivity index (χ0v) is 12.6. The Kier molecular flexibility index (Phi) is 4.25. The molecule has 1 aliphatic heterocycles. The Labute approximate surface area is 125 Å². The molecule has 0 radical (unpaired) electrons. The minimum absolute atomic E-state index is 0.133. The van der Waals surface area contributed by atoms with Gasteiger partial charge in [-0.2, -0.15) is 0 Å². The zero-order chi connectivity index (χ0) is 14.7. The molecule has 0 aliphatic carbocycles. The molecule has 2 N–H and O–H groups in total. The summed E-state index contributed by atoms with van der Waals surface area (Å²) in [5, 5.41) is 4.50. The molecule has 0 unspecified atom stereocenters. The van der Waals surface area contributed by atoms with Gasteiger partial charge in [0.25, 0.3) is 5.91 Å². The summed E-state index contributed by atoms with van der Waals surface area (Å²) in [5.41, 5.74) is 1.74.